The highest BCUT2D eigenvalue weighted by molar-refractivity contribution is 5.88. The Morgan fingerprint density at radius 3 is 2.89 bits per heavy atom. The van der Waals surface area contributed by atoms with Gasteiger partial charge in [-0.25, -0.2) is 19.8 Å². The zero-order valence-corrected chi connectivity index (χ0v) is 20.0. The second-order valence-electron chi connectivity index (χ2n) is 9.99. The lowest BCUT2D eigenvalue weighted by molar-refractivity contribution is 0.0716. The van der Waals surface area contributed by atoms with E-state index in [2.05, 4.69) is 25.4 Å². The van der Waals surface area contributed by atoms with Gasteiger partial charge in [0.1, 0.15) is 5.82 Å². The van der Waals surface area contributed by atoms with Crippen molar-refractivity contribution in [2.75, 3.05) is 50.8 Å². The summed E-state index contributed by atoms with van der Waals surface area (Å²) in [6.07, 6.45) is 4.76. The van der Waals surface area contributed by atoms with Crippen molar-refractivity contribution in [2.45, 2.75) is 38.3 Å². The summed E-state index contributed by atoms with van der Waals surface area (Å²) in [4.78, 5) is 9.51. The average molecular weight is 481 g/mol. The largest absolute Gasteiger partial charge is 0.477 e. The second-order valence-corrected chi connectivity index (χ2v) is 9.99. The van der Waals surface area contributed by atoms with Gasteiger partial charge in [0.05, 0.1) is 24.2 Å². The highest BCUT2D eigenvalue weighted by atomic mass is 19.1. The van der Waals surface area contributed by atoms with Crippen molar-refractivity contribution in [3.05, 3.63) is 47.9 Å². The number of aromatic nitrogens is 2. The van der Waals surface area contributed by atoms with E-state index in [1.165, 1.54) is 25.0 Å². The van der Waals surface area contributed by atoms with Gasteiger partial charge in [0.25, 0.3) is 0 Å². The van der Waals surface area contributed by atoms with Crippen LogP contribution < -0.4 is 15.1 Å². The first kappa shape index (κ1) is 22.7. The number of piperidine rings is 1. The Kier molecular flexibility index (Phi) is 6.54. The maximum Gasteiger partial charge on any atom is 0.213 e. The first-order valence-electron chi connectivity index (χ1n) is 12.8. The number of anilines is 1. The minimum absolute atomic E-state index is 0.260. The third-order valence-electron chi connectivity index (χ3n) is 7.56. The summed E-state index contributed by atoms with van der Waals surface area (Å²) in [5, 5.41) is 7.28. The molecule has 3 aliphatic heterocycles. The van der Waals surface area contributed by atoms with Crippen LogP contribution in [0.1, 0.15) is 31.4 Å². The number of hydrogen-bond acceptors (Lipinski definition) is 8. The Hall–Kier alpha value is -2.75. The number of hydrazine groups is 1. The summed E-state index contributed by atoms with van der Waals surface area (Å²) >= 11 is 0. The van der Waals surface area contributed by atoms with Gasteiger partial charge < -0.3 is 14.2 Å². The third kappa shape index (κ3) is 5.12. The van der Waals surface area contributed by atoms with Gasteiger partial charge in [-0.1, -0.05) is 11.2 Å². The lowest BCUT2D eigenvalue weighted by Crippen LogP contribution is -2.57. The molecule has 186 valence electrons. The topological polar surface area (TPSA) is 69.9 Å². The minimum atomic E-state index is -0.260. The Bertz CT molecular complexity index is 1150. The number of fused-ring (bicyclic) bond motifs is 2. The van der Waals surface area contributed by atoms with E-state index < -0.39 is 0 Å². The van der Waals surface area contributed by atoms with Gasteiger partial charge in [-0.3, -0.25) is 4.90 Å². The molecular weight excluding hydrogens is 447 g/mol. The molecule has 1 aromatic carbocycles. The van der Waals surface area contributed by atoms with E-state index in [4.69, 9.17) is 14.2 Å². The molecule has 3 aliphatic rings. The fraction of sp³-hybridized carbons (Fsp3) is 0.538. The van der Waals surface area contributed by atoms with Gasteiger partial charge in [0.15, 0.2) is 11.4 Å². The summed E-state index contributed by atoms with van der Waals surface area (Å²) < 4.78 is 25.3. The summed E-state index contributed by atoms with van der Waals surface area (Å²) in [7, 11) is 0. The molecule has 2 atom stereocenters. The average Bonchev–Trinajstić information content (AvgIpc) is 3.56. The van der Waals surface area contributed by atoms with Gasteiger partial charge in [0, 0.05) is 57.3 Å². The van der Waals surface area contributed by atoms with Crippen molar-refractivity contribution in [1.29, 1.82) is 0 Å². The summed E-state index contributed by atoms with van der Waals surface area (Å²) in [5.41, 5.74) is 5.11. The molecule has 2 aromatic heterocycles. The smallest absolute Gasteiger partial charge is 0.213 e. The molecule has 3 aromatic rings. The van der Waals surface area contributed by atoms with E-state index in [1.807, 2.05) is 18.2 Å². The minimum Gasteiger partial charge on any atom is -0.477 e. The maximum absolute atomic E-state index is 13.8. The van der Waals surface area contributed by atoms with Gasteiger partial charge in [0.2, 0.25) is 5.88 Å². The Balaban J connectivity index is 1.00. The molecule has 0 amide bonds. The van der Waals surface area contributed by atoms with E-state index in [1.54, 1.807) is 6.07 Å². The van der Waals surface area contributed by atoms with Crippen LogP contribution in [0.25, 0.3) is 11.0 Å². The van der Waals surface area contributed by atoms with Crippen molar-refractivity contribution < 1.29 is 13.7 Å². The monoisotopic (exact) mass is 480 g/mol. The van der Waals surface area contributed by atoms with E-state index in [9.17, 15) is 4.39 Å². The number of hydrogen-bond donors (Lipinski definition) is 1. The molecule has 3 saturated heterocycles. The molecule has 35 heavy (non-hydrogen) atoms. The molecule has 0 unspecified atom stereocenters. The number of ether oxygens (including phenoxy) is 1. The number of pyridine rings is 1. The van der Waals surface area contributed by atoms with Gasteiger partial charge in [-0.2, -0.15) is 0 Å². The first-order valence-corrected chi connectivity index (χ1v) is 12.8. The lowest BCUT2D eigenvalue weighted by Gasteiger charge is -2.46. The fourth-order valence-corrected chi connectivity index (χ4v) is 5.62. The Morgan fingerprint density at radius 1 is 1.06 bits per heavy atom. The second kappa shape index (κ2) is 10.1. The van der Waals surface area contributed by atoms with E-state index in [0.717, 1.165) is 75.6 Å². The van der Waals surface area contributed by atoms with Crippen LogP contribution in [0.15, 0.2) is 40.9 Å². The van der Waals surface area contributed by atoms with E-state index in [0.29, 0.717) is 30.0 Å². The van der Waals surface area contributed by atoms with Crippen LogP contribution >= 0.6 is 0 Å². The molecule has 8 nitrogen and oxygen atoms in total. The third-order valence-corrected chi connectivity index (χ3v) is 7.56. The molecule has 6 rings (SSSR count). The van der Waals surface area contributed by atoms with Crippen molar-refractivity contribution >= 4 is 16.8 Å². The van der Waals surface area contributed by atoms with Crippen molar-refractivity contribution in [3.63, 3.8) is 0 Å². The molecule has 0 bridgehead atoms. The highest BCUT2D eigenvalue weighted by Gasteiger charge is 2.34. The van der Waals surface area contributed by atoms with E-state index >= 15 is 0 Å². The van der Waals surface area contributed by atoms with Crippen LogP contribution in [0.5, 0.6) is 5.88 Å². The lowest BCUT2D eigenvalue weighted by atomic mass is 9.91. The van der Waals surface area contributed by atoms with Crippen LogP contribution in [0.2, 0.25) is 0 Å². The Labute approximate surface area is 205 Å². The zero-order chi connectivity index (χ0) is 23.6. The number of nitrogens with one attached hydrogen (secondary N) is 1. The molecule has 9 heteroatoms. The number of halogens is 1. The molecule has 0 spiro atoms. The van der Waals surface area contributed by atoms with Crippen LogP contribution in [-0.4, -0.2) is 72.0 Å². The van der Waals surface area contributed by atoms with Crippen molar-refractivity contribution in [2.24, 2.45) is 5.92 Å². The van der Waals surface area contributed by atoms with Gasteiger partial charge >= 0.3 is 0 Å². The summed E-state index contributed by atoms with van der Waals surface area (Å²) in [6, 6.07) is 11.1. The van der Waals surface area contributed by atoms with Crippen LogP contribution in [0.4, 0.5) is 10.2 Å². The van der Waals surface area contributed by atoms with Crippen LogP contribution in [0, 0.1) is 11.7 Å². The van der Waals surface area contributed by atoms with Crippen LogP contribution in [-0.2, 0) is 6.54 Å². The molecule has 0 saturated carbocycles. The van der Waals surface area contributed by atoms with Crippen molar-refractivity contribution in [1.82, 2.24) is 25.5 Å². The number of rotatable bonds is 7. The standard InChI is InChI=1S/C26H33FN6O2/c27-20-7-9-24-23(14-20)26(30-35-24)32-13-12-31-16-19(6-8-22(31)17-32)18-34-25-5-3-4-21(29-25)15-28-33-10-1-2-11-33/h3-5,7,9,14,19,22,28H,1-2,6,8,10-13,15-18H2/t19-,22+/m1/s1. The number of benzene rings is 1. The molecule has 0 radical (unpaired) electrons. The first-order chi connectivity index (χ1) is 17.2. The molecular formula is C26H33FN6O2. The van der Waals surface area contributed by atoms with Gasteiger partial charge in [-0.05, 0) is 49.9 Å². The molecule has 0 aliphatic carbocycles. The number of nitrogens with zero attached hydrogens (tertiary/aromatic N) is 5. The Morgan fingerprint density at radius 2 is 1.97 bits per heavy atom. The van der Waals surface area contributed by atoms with Gasteiger partial charge in [-0.15, -0.1) is 0 Å². The molecule has 3 fully saturated rings. The predicted octanol–water partition coefficient (Wildman–Crippen LogP) is 3.44. The molecule has 5 heterocycles. The van der Waals surface area contributed by atoms with Crippen molar-refractivity contribution in [3.8, 4) is 5.88 Å². The van der Waals surface area contributed by atoms with E-state index in [-0.39, 0.29) is 5.82 Å². The summed E-state index contributed by atoms with van der Waals surface area (Å²) in [6.45, 7) is 7.39. The predicted molar refractivity (Wildman–Crippen MR) is 132 cm³/mol. The number of piperazine rings is 1. The molecule has 1 N–H and O–H groups in total. The van der Waals surface area contributed by atoms with Crippen LogP contribution in [0.3, 0.4) is 0 Å². The fourth-order valence-electron chi connectivity index (χ4n) is 5.62. The highest BCUT2D eigenvalue weighted by Crippen LogP contribution is 2.31. The quantitative estimate of drug-likeness (QED) is 0.552. The zero-order valence-electron chi connectivity index (χ0n) is 20.0. The summed E-state index contributed by atoms with van der Waals surface area (Å²) in [5.74, 6) is 1.70. The SMILES string of the molecule is Fc1ccc2onc(N3CCN4C[C@H](COc5cccc(CNN6CCCC6)n5)CC[C@H]4C3)c2c1. The maximum atomic E-state index is 13.8. The normalized spacial score (nSPS) is 23.6.